The quantitative estimate of drug-likeness (QED) is 0.712. The molecule has 2 unspecified atom stereocenters. The molecule has 18 heavy (non-hydrogen) atoms. The Bertz CT molecular complexity index is 472. The maximum Gasteiger partial charge on any atom is 0.337 e. The Morgan fingerprint density at radius 3 is 2.44 bits per heavy atom. The molecule has 0 radical (unpaired) electrons. The first-order valence-corrected chi connectivity index (χ1v) is 6.09. The highest BCUT2D eigenvalue weighted by molar-refractivity contribution is 9.09. The molecule has 0 aromatic heterocycles. The van der Waals surface area contributed by atoms with Crippen LogP contribution in [0.15, 0.2) is 18.2 Å². The van der Waals surface area contributed by atoms with E-state index in [0.29, 0.717) is 5.56 Å². The summed E-state index contributed by atoms with van der Waals surface area (Å²) in [5.41, 5.74) is 1.01. The van der Waals surface area contributed by atoms with Gasteiger partial charge in [-0.2, -0.15) is 0 Å². The number of carbonyl (C=O) groups is 2. The summed E-state index contributed by atoms with van der Waals surface area (Å²) in [6.07, 6.45) is -1.69. The van der Waals surface area contributed by atoms with Gasteiger partial charge in [-0.25, -0.2) is 4.79 Å². The topological polar surface area (TPSA) is 94.8 Å². The molecule has 5 nitrogen and oxygen atoms in total. The number of aliphatic hydroxyl groups is 2. The number of ketones is 1. The minimum atomic E-state index is -1.69. The van der Waals surface area contributed by atoms with Crippen LogP contribution >= 0.6 is 15.9 Å². The van der Waals surface area contributed by atoms with Crippen molar-refractivity contribution >= 4 is 27.7 Å². The van der Waals surface area contributed by atoms with Crippen LogP contribution < -0.4 is 0 Å². The second kappa shape index (κ2) is 6.08. The van der Waals surface area contributed by atoms with Crippen molar-refractivity contribution in [3.63, 3.8) is 0 Å². The summed E-state index contributed by atoms with van der Waals surface area (Å²) >= 11 is 3.19. The van der Waals surface area contributed by atoms with Gasteiger partial charge in [-0.3, -0.25) is 4.79 Å². The average molecular weight is 317 g/mol. The molecular formula is C12H13BrO5. The molecule has 98 valence electrons. The van der Waals surface area contributed by atoms with E-state index in [0.717, 1.165) is 0 Å². The number of Topliss-reactive ketones (excluding diaryl/α,β-unsaturated/α-hetero) is 1. The maximum absolute atomic E-state index is 11.2. The number of alkyl halides is 1. The van der Waals surface area contributed by atoms with E-state index in [4.69, 9.17) is 5.11 Å². The molecule has 0 saturated carbocycles. The highest BCUT2D eigenvalue weighted by Gasteiger charge is 2.21. The van der Waals surface area contributed by atoms with Crippen LogP contribution in [0.25, 0.3) is 0 Å². The lowest BCUT2D eigenvalue weighted by molar-refractivity contribution is -0.147. The van der Waals surface area contributed by atoms with E-state index < -0.39 is 23.5 Å². The number of carboxylic acid groups (broad SMARTS) is 1. The first kappa shape index (κ1) is 14.8. The summed E-state index contributed by atoms with van der Waals surface area (Å²) in [4.78, 5) is 21.4. The van der Waals surface area contributed by atoms with Gasteiger partial charge in [-0.15, -0.1) is 0 Å². The first-order valence-electron chi connectivity index (χ1n) is 5.17. The van der Waals surface area contributed by atoms with Crippen LogP contribution in [0.5, 0.6) is 0 Å². The fraction of sp³-hybridized carbons (Fsp3) is 0.333. The SMILES string of the molecule is CC(=O)C(Br)c1ccc(C(O)C(=O)O)c(CO)c1. The number of benzene rings is 1. The number of aliphatic hydroxyl groups excluding tert-OH is 2. The van der Waals surface area contributed by atoms with Crippen LogP contribution in [-0.4, -0.2) is 27.1 Å². The molecule has 0 bridgehead atoms. The van der Waals surface area contributed by atoms with Crippen molar-refractivity contribution in [3.8, 4) is 0 Å². The number of carbonyl (C=O) groups excluding carboxylic acids is 1. The van der Waals surface area contributed by atoms with Gasteiger partial charge in [0.05, 0.1) is 11.4 Å². The Balaban J connectivity index is 3.19. The predicted molar refractivity (Wildman–Crippen MR) is 67.3 cm³/mol. The lowest BCUT2D eigenvalue weighted by Crippen LogP contribution is -2.13. The highest BCUT2D eigenvalue weighted by Crippen LogP contribution is 2.28. The van der Waals surface area contributed by atoms with Gasteiger partial charge in [0.2, 0.25) is 0 Å². The number of carboxylic acids is 1. The van der Waals surface area contributed by atoms with E-state index in [1.165, 1.54) is 19.1 Å². The molecule has 0 amide bonds. The minimum absolute atomic E-state index is 0.106. The minimum Gasteiger partial charge on any atom is -0.479 e. The van der Waals surface area contributed by atoms with E-state index in [2.05, 4.69) is 15.9 Å². The molecule has 0 aliphatic heterocycles. The number of rotatable bonds is 5. The summed E-state index contributed by atoms with van der Waals surface area (Å²) in [5, 5.41) is 27.4. The van der Waals surface area contributed by atoms with Gasteiger partial charge in [0, 0.05) is 0 Å². The highest BCUT2D eigenvalue weighted by atomic mass is 79.9. The van der Waals surface area contributed by atoms with E-state index >= 15 is 0 Å². The Labute approximate surface area is 112 Å². The second-order valence-corrected chi connectivity index (χ2v) is 4.75. The van der Waals surface area contributed by atoms with Crippen LogP contribution in [0.2, 0.25) is 0 Å². The average Bonchev–Trinajstić information content (AvgIpc) is 2.35. The Hall–Kier alpha value is -1.24. The molecule has 0 heterocycles. The molecule has 2 atom stereocenters. The molecule has 0 spiro atoms. The third kappa shape index (κ3) is 3.16. The number of hydrogen-bond acceptors (Lipinski definition) is 4. The third-order valence-corrected chi connectivity index (χ3v) is 3.69. The Morgan fingerprint density at radius 1 is 1.39 bits per heavy atom. The fourth-order valence-electron chi connectivity index (χ4n) is 1.55. The zero-order chi connectivity index (χ0) is 13.9. The molecule has 1 rings (SSSR count). The van der Waals surface area contributed by atoms with Crippen molar-refractivity contribution in [3.05, 3.63) is 34.9 Å². The van der Waals surface area contributed by atoms with Gasteiger partial charge in [-0.05, 0) is 23.6 Å². The molecule has 0 fully saturated rings. The van der Waals surface area contributed by atoms with Gasteiger partial charge < -0.3 is 15.3 Å². The molecule has 0 aliphatic carbocycles. The van der Waals surface area contributed by atoms with Gasteiger partial charge in [0.1, 0.15) is 5.78 Å². The molecule has 3 N–H and O–H groups in total. The standard InChI is InChI=1S/C12H13BrO5/c1-6(15)10(13)7-2-3-9(8(4-7)5-14)11(16)12(17)18/h2-4,10-11,14,16H,5H2,1H3,(H,17,18). The smallest absolute Gasteiger partial charge is 0.337 e. The summed E-state index contributed by atoms with van der Waals surface area (Å²) in [6.45, 7) is 1.00. The zero-order valence-corrected chi connectivity index (χ0v) is 11.2. The zero-order valence-electron chi connectivity index (χ0n) is 9.63. The third-order valence-electron chi connectivity index (χ3n) is 2.52. The van der Waals surface area contributed by atoms with Crippen LogP contribution in [0.1, 0.15) is 34.5 Å². The van der Waals surface area contributed by atoms with E-state index in [9.17, 15) is 19.8 Å². The van der Waals surface area contributed by atoms with Crippen molar-refractivity contribution in [1.29, 1.82) is 0 Å². The molecule has 6 heteroatoms. The Morgan fingerprint density at radius 2 is 2.00 bits per heavy atom. The summed E-state index contributed by atoms with van der Waals surface area (Å²) < 4.78 is 0. The number of halogens is 1. The van der Waals surface area contributed by atoms with Crippen LogP contribution in [0.3, 0.4) is 0 Å². The van der Waals surface area contributed by atoms with Crippen LogP contribution in [-0.2, 0) is 16.2 Å². The maximum atomic E-state index is 11.2. The molecule has 0 aliphatic rings. The largest absolute Gasteiger partial charge is 0.479 e. The van der Waals surface area contributed by atoms with E-state index in [1.807, 2.05) is 0 Å². The summed E-state index contributed by atoms with van der Waals surface area (Å²) in [7, 11) is 0. The second-order valence-electron chi connectivity index (χ2n) is 3.83. The lowest BCUT2D eigenvalue weighted by Gasteiger charge is -2.14. The van der Waals surface area contributed by atoms with Gasteiger partial charge in [0.25, 0.3) is 0 Å². The van der Waals surface area contributed by atoms with Crippen molar-refractivity contribution in [1.82, 2.24) is 0 Å². The van der Waals surface area contributed by atoms with Crippen molar-refractivity contribution in [2.24, 2.45) is 0 Å². The van der Waals surface area contributed by atoms with Gasteiger partial charge >= 0.3 is 5.97 Å². The first-order chi connectivity index (χ1) is 8.38. The molecular weight excluding hydrogens is 304 g/mol. The van der Waals surface area contributed by atoms with Gasteiger partial charge in [-0.1, -0.05) is 34.1 Å². The van der Waals surface area contributed by atoms with Crippen molar-refractivity contribution in [2.75, 3.05) is 0 Å². The van der Waals surface area contributed by atoms with E-state index in [-0.39, 0.29) is 16.9 Å². The summed E-state index contributed by atoms with van der Waals surface area (Å²) in [5.74, 6) is -1.50. The number of hydrogen-bond donors (Lipinski definition) is 3. The molecule has 1 aromatic carbocycles. The normalized spacial score (nSPS) is 14.0. The van der Waals surface area contributed by atoms with Crippen LogP contribution in [0, 0.1) is 0 Å². The summed E-state index contributed by atoms with van der Waals surface area (Å²) in [6, 6.07) is 4.45. The van der Waals surface area contributed by atoms with Gasteiger partial charge in [0.15, 0.2) is 6.10 Å². The van der Waals surface area contributed by atoms with E-state index in [1.54, 1.807) is 6.07 Å². The fourth-order valence-corrected chi connectivity index (χ4v) is 1.84. The lowest BCUT2D eigenvalue weighted by atomic mass is 9.98. The number of aliphatic carboxylic acids is 1. The molecule has 0 saturated heterocycles. The molecule has 1 aromatic rings. The van der Waals surface area contributed by atoms with Crippen LogP contribution in [0.4, 0.5) is 0 Å². The Kier molecular flexibility index (Phi) is 5.01. The predicted octanol–water partition coefficient (Wildman–Crippen LogP) is 1.32. The monoisotopic (exact) mass is 316 g/mol. The van der Waals surface area contributed by atoms with Crippen molar-refractivity contribution in [2.45, 2.75) is 24.5 Å². The van der Waals surface area contributed by atoms with Crippen molar-refractivity contribution < 1.29 is 24.9 Å².